The van der Waals surface area contributed by atoms with Gasteiger partial charge in [0.15, 0.2) is 0 Å². The van der Waals surface area contributed by atoms with Gasteiger partial charge in [-0.3, -0.25) is 0 Å². The van der Waals surface area contributed by atoms with Crippen molar-refractivity contribution >= 4 is 5.82 Å². The molecule has 220 valence electrons. The third-order valence-corrected chi connectivity index (χ3v) is 6.95. The Labute approximate surface area is 246 Å². The van der Waals surface area contributed by atoms with Gasteiger partial charge in [-0.2, -0.15) is 9.97 Å². The Balaban J connectivity index is 1.38. The molecule has 1 saturated heterocycles. The van der Waals surface area contributed by atoms with Crippen molar-refractivity contribution in [1.29, 1.82) is 0 Å². The minimum absolute atomic E-state index is 0.194. The Bertz CT molecular complexity index is 1320. The van der Waals surface area contributed by atoms with Gasteiger partial charge < -0.3 is 33.7 Å². The van der Waals surface area contributed by atoms with Crippen LogP contribution < -0.4 is 14.8 Å². The van der Waals surface area contributed by atoms with Gasteiger partial charge in [-0.05, 0) is 16.7 Å². The average molecular weight is 572 g/mol. The van der Waals surface area contributed by atoms with E-state index in [2.05, 4.69) is 15.3 Å². The number of benzene rings is 3. The monoisotopic (exact) mass is 571 g/mol. The van der Waals surface area contributed by atoms with Gasteiger partial charge >= 0.3 is 6.01 Å². The molecule has 3 aromatic carbocycles. The molecular formula is C33H37N3O6. The van der Waals surface area contributed by atoms with E-state index in [9.17, 15) is 0 Å². The van der Waals surface area contributed by atoms with Gasteiger partial charge in [0.05, 0.1) is 53.3 Å². The Hall–Kier alpha value is -4.02. The normalized spacial score (nSPS) is 20.1. The van der Waals surface area contributed by atoms with Crippen LogP contribution in [0.4, 0.5) is 5.82 Å². The molecule has 1 N–H and O–H groups in total. The number of methoxy groups -OCH3 is 2. The van der Waals surface area contributed by atoms with Crippen molar-refractivity contribution in [2.24, 2.45) is 0 Å². The molecule has 0 unspecified atom stereocenters. The first kappa shape index (κ1) is 29.5. The van der Waals surface area contributed by atoms with Crippen LogP contribution in [-0.4, -0.2) is 61.8 Å². The predicted molar refractivity (Wildman–Crippen MR) is 158 cm³/mol. The number of anilines is 1. The van der Waals surface area contributed by atoms with Crippen LogP contribution in [0, 0.1) is 0 Å². The molecule has 1 aliphatic heterocycles. The second kappa shape index (κ2) is 15.3. The summed E-state index contributed by atoms with van der Waals surface area (Å²) in [5.41, 5.74) is 3.22. The van der Waals surface area contributed by atoms with Crippen molar-refractivity contribution < 1.29 is 28.4 Å². The average Bonchev–Trinajstić information content (AvgIpc) is 3.05. The largest absolute Gasteiger partial charge is 0.481 e. The van der Waals surface area contributed by atoms with Crippen LogP contribution in [0.3, 0.4) is 0 Å². The Kier molecular flexibility index (Phi) is 10.7. The second-order valence-electron chi connectivity index (χ2n) is 9.93. The highest BCUT2D eigenvalue weighted by molar-refractivity contribution is 5.41. The van der Waals surface area contributed by atoms with E-state index in [0.717, 1.165) is 16.7 Å². The zero-order valence-corrected chi connectivity index (χ0v) is 23.9. The van der Waals surface area contributed by atoms with Gasteiger partial charge in [0.25, 0.3) is 0 Å². The quantitative estimate of drug-likeness (QED) is 0.223. The van der Waals surface area contributed by atoms with Crippen molar-refractivity contribution in [2.75, 3.05) is 32.8 Å². The number of rotatable bonds is 14. The zero-order valence-electron chi connectivity index (χ0n) is 23.9. The molecule has 42 heavy (non-hydrogen) atoms. The minimum Gasteiger partial charge on any atom is -0.481 e. The summed E-state index contributed by atoms with van der Waals surface area (Å²) in [6, 6.07) is 31.8. The van der Waals surface area contributed by atoms with E-state index in [0.29, 0.717) is 44.7 Å². The molecule has 0 amide bonds. The van der Waals surface area contributed by atoms with E-state index < -0.39 is 12.2 Å². The highest BCUT2D eigenvalue weighted by Crippen LogP contribution is 2.28. The summed E-state index contributed by atoms with van der Waals surface area (Å²) in [5, 5.41) is 3.47. The molecule has 0 bridgehead atoms. The summed E-state index contributed by atoms with van der Waals surface area (Å²) >= 11 is 0. The van der Waals surface area contributed by atoms with Crippen LogP contribution in [0.25, 0.3) is 0 Å². The van der Waals surface area contributed by atoms with Crippen molar-refractivity contribution in [3.8, 4) is 11.9 Å². The van der Waals surface area contributed by atoms with Crippen LogP contribution >= 0.6 is 0 Å². The SMILES string of the molecule is COc1cc(N[C@H]2CO[C@H](COCc3ccccc3)[C@H](OCc3ccccc3)[C@@H]2OCc2ccccc2)nc(OC)n1. The predicted octanol–water partition coefficient (Wildman–Crippen LogP) is 5.06. The number of hydrogen-bond donors (Lipinski definition) is 1. The van der Waals surface area contributed by atoms with Gasteiger partial charge in [0.2, 0.25) is 5.88 Å². The number of hydrogen-bond acceptors (Lipinski definition) is 9. The fourth-order valence-electron chi connectivity index (χ4n) is 4.80. The molecule has 0 saturated carbocycles. The third-order valence-electron chi connectivity index (χ3n) is 6.95. The first-order valence-electron chi connectivity index (χ1n) is 14.0. The van der Waals surface area contributed by atoms with Crippen molar-refractivity contribution in [3.05, 3.63) is 114 Å². The van der Waals surface area contributed by atoms with E-state index in [1.165, 1.54) is 7.11 Å². The number of nitrogens with zero attached hydrogens (tertiary/aromatic N) is 2. The zero-order chi connectivity index (χ0) is 29.0. The molecule has 0 aliphatic carbocycles. The van der Waals surface area contributed by atoms with Gasteiger partial charge in [-0.1, -0.05) is 91.0 Å². The lowest BCUT2D eigenvalue weighted by atomic mass is 9.97. The number of nitrogens with one attached hydrogen (secondary N) is 1. The van der Waals surface area contributed by atoms with Crippen LogP contribution in [0.1, 0.15) is 16.7 Å². The molecule has 2 heterocycles. The lowest BCUT2D eigenvalue weighted by Crippen LogP contribution is -2.59. The van der Waals surface area contributed by atoms with E-state index in [1.807, 2.05) is 91.0 Å². The topological polar surface area (TPSA) is 93.2 Å². The fourth-order valence-corrected chi connectivity index (χ4v) is 4.80. The van der Waals surface area contributed by atoms with Gasteiger partial charge in [0.1, 0.15) is 24.1 Å². The smallest absolute Gasteiger partial charge is 0.321 e. The minimum atomic E-state index is -0.443. The Morgan fingerprint density at radius 1 is 0.714 bits per heavy atom. The van der Waals surface area contributed by atoms with E-state index in [1.54, 1.807) is 13.2 Å². The molecule has 1 aromatic heterocycles. The highest BCUT2D eigenvalue weighted by Gasteiger charge is 2.43. The summed E-state index contributed by atoms with van der Waals surface area (Å²) in [4.78, 5) is 8.67. The maximum absolute atomic E-state index is 6.63. The van der Waals surface area contributed by atoms with Crippen molar-refractivity contribution in [2.45, 2.75) is 44.2 Å². The van der Waals surface area contributed by atoms with Crippen molar-refractivity contribution in [3.63, 3.8) is 0 Å². The van der Waals surface area contributed by atoms with Gasteiger partial charge in [-0.15, -0.1) is 0 Å². The number of aromatic nitrogens is 2. The molecule has 1 fully saturated rings. The van der Waals surface area contributed by atoms with E-state index in [4.69, 9.17) is 28.4 Å². The lowest BCUT2D eigenvalue weighted by molar-refractivity contribution is -0.201. The summed E-state index contributed by atoms with van der Waals surface area (Å²) in [6.45, 7) is 1.98. The standard InChI is InChI=1S/C33H37N3O6/c1-37-30-18-29(35-33(36-30)38-2)34-27-22-40-28(23-39-19-24-12-6-3-7-13-24)32(42-21-26-16-10-5-11-17-26)31(27)41-20-25-14-8-4-9-15-25/h3-18,27-28,31-32H,19-23H2,1-2H3,(H,34,35,36)/t27-,28+,31+,32-/m0/s1. The summed E-state index contributed by atoms with van der Waals surface area (Å²) in [7, 11) is 3.07. The molecule has 5 rings (SSSR count). The summed E-state index contributed by atoms with van der Waals surface area (Å²) in [5.74, 6) is 0.910. The van der Waals surface area contributed by atoms with E-state index >= 15 is 0 Å². The van der Waals surface area contributed by atoms with Gasteiger partial charge in [-0.25, -0.2) is 0 Å². The fraction of sp³-hybridized carbons (Fsp3) is 0.333. The second-order valence-corrected chi connectivity index (χ2v) is 9.93. The maximum atomic E-state index is 6.63. The van der Waals surface area contributed by atoms with Crippen LogP contribution in [0.2, 0.25) is 0 Å². The van der Waals surface area contributed by atoms with Gasteiger partial charge in [0, 0.05) is 6.07 Å². The van der Waals surface area contributed by atoms with Crippen molar-refractivity contribution in [1.82, 2.24) is 9.97 Å². The molecule has 9 heteroatoms. The highest BCUT2D eigenvalue weighted by atomic mass is 16.6. The molecule has 4 atom stereocenters. The maximum Gasteiger partial charge on any atom is 0.321 e. The number of ether oxygens (including phenoxy) is 6. The summed E-state index contributed by atoms with van der Waals surface area (Å²) < 4.78 is 36.4. The molecule has 1 aliphatic rings. The summed E-state index contributed by atoms with van der Waals surface area (Å²) in [6.07, 6.45) is -1.20. The molecule has 9 nitrogen and oxygen atoms in total. The van der Waals surface area contributed by atoms with Crippen LogP contribution in [-0.2, 0) is 38.8 Å². The molecular weight excluding hydrogens is 534 g/mol. The first-order valence-corrected chi connectivity index (χ1v) is 14.0. The first-order chi connectivity index (χ1) is 20.7. The Morgan fingerprint density at radius 3 is 1.86 bits per heavy atom. The molecule has 0 radical (unpaired) electrons. The molecule has 0 spiro atoms. The third kappa shape index (κ3) is 8.27. The van der Waals surface area contributed by atoms with Crippen LogP contribution in [0.15, 0.2) is 97.1 Å². The lowest BCUT2D eigenvalue weighted by Gasteiger charge is -2.42. The van der Waals surface area contributed by atoms with E-state index in [-0.39, 0.29) is 18.2 Å². The van der Waals surface area contributed by atoms with Crippen LogP contribution in [0.5, 0.6) is 11.9 Å². The Morgan fingerprint density at radius 2 is 1.29 bits per heavy atom. The molecule has 4 aromatic rings.